The van der Waals surface area contributed by atoms with Gasteiger partial charge in [0, 0.05) is 10.5 Å². The number of aromatic carboxylic acids is 1. The Morgan fingerprint density at radius 3 is 2.65 bits per heavy atom. The van der Waals surface area contributed by atoms with Gasteiger partial charge >= 0.3 is 12.0 Å². The van der Waals surface area contributed by atoms with Crippen LogP contribution in [0.4, 0.5) is 10.5 Å². The first-order valence-corrected chi connectivity index (χ1v) is 8.20. The van der Waals surface area contributed by atoms with Gasteiger partial charge < -0.3 is 15.7 Å². The maximum Gasteiger partial charge on any atom is 0.337 e. The number of hydrogen-bond acceptors (Lipinski definition) is 3. The predicted octanol–water partition coefficient (Wildman–Crippen LogP) is 3.16. The summed E-state index contributed by atoms with van der Waals surface area (Å²) in [5.41, 5.74) is 0.344. The number of nitrogens with one attached hydrogen (secondary N) is 2. The van der Waals surface area contributed by atoms with Gasteiger partial charge in [0.15, 0.2) is 0 Å². The van der Waals surface area contributed by atoms with E-state index in [-0.39, 0.29) is 23.3 Å². The fourth-order valence-electron chi connectivity index (χ4n) is 2.01. The Hall–Kier alpha value is -1.21. The molecule has 1 aliphatic heterocycles. The van der Waals surface area contributed by atoms with Crippen molar-refractivity contribution in [2.24, 2.45) is 0 Å². The lowest BCUT2D eigenvalue weighted by molar-refractivity contribution is 0.0698. The minimum Gasteiger partial charge on any atom is -0.478 e. The minimum absolute atomic E-state index is 0.0636. The van der Waals surface area contributed by atoms with Crippen molar-refractivity contribution in [3.63, 3.8) is 0 Å². The fraction of sp³-hybridized carbons (Fsp3) is 0.385. The molecule has 7 heteroatoms. The maximum atomic E-state index is 12.0. The highest BCUT2D eigenvalue weighted by Gasteiger charge is 2.19. The molecule has 1 aliphatic rings. The van der Waals surface area contributed by atoms with Gasteiger partial charge in [-0.25, -0.2) is 9.59 Å². The van der Waals surface area contributed by atoms with Gasteiger partial charge in [0.05, 0.1) is 11.3 Å². The molecule has 1 saturated heterocycles. The lowest BCUT2D eigenvalue weighted by atomic mass is 10.1. The van der Waals surface area contributed by atoms with E-state index in [2.05, 4.69) is 26.6 Å². The molecule has 1 aromatic carbocycles. The Bertz CT molecular complexity index is 518. The summed E-state index contributed by atoms with van der Waals surface area (Å²) in [5, 5.41) is 14.6. The summed E-state index contributed by atoms with van der Waals surface area (Å²) in [4.78, 5) is 23.1. The Morgan fingerprint density at radius 2 is 2.00 bits per heavy atom. The lowest BCUT2D eigenvalue weighted by Crippen LogP contribution is -2.40. The van der Waals surface area contributed by atoms with Gasteiger partial charge in [0.25, 0.3) is 0 Å². The number of rotatable bonds is 3. The molecular weight excluding hydrogens is 344 g/mol. The number of halogens is 1. The number of carbonyl (C=O) groups excluding carboxylic acids is 1. The molecule has 0 saturated carbocycles. The molecule has 0 aliphatic carbocycles. The van der Waals surface area contributed by atoms with E-state index >= 15 is 0 Å². The monoisotopic (exact) mass is 358 g/mol. The maximum absolute atomic E-state index is 12.0. The largest absolute Gasteiger partial charge is 0.478 e. The number of amides is 2. The van der Waals surface area contributed by atoms with E-state index in [0.717, 1.165) is 24.3 Å². The van der Waals surface area contributed by atoms with Crippen LogP contribution in [0.5, 0.6) is 0 Å². The topological polar surface area (TPSA) is 78.4 Å². The number of thioether (sulfide) groups is 1. The summed E-state index contributed by atoms with van der Waals surface area (Å²) < 4.78 is 0.548. The average molecular weight is 359 g/mol. The molecule has 2 rings (SSSR count). The number of anilines is 1. The third-order valence-corrected chi connectivity index (χ3v) is 4.75. The van der Waals surface area contributed by atoms with Crippen LogP contribution in [-0.2, 0) is 0 Å². The van der Waals surface area contributed by atoms with Gasteiger partial charge in [-0.05, 0) is 52.4 Å². The Morgan fingerprint density at radius 1 is 1.30 bits per heavy atom. The van der Waals surface area contributed by atoms with Crippen LogP contribution in [0.3, 0.4) is 0 Å². The normalized spacial score (nSPS) is 15.7. The fourth-order valence-corrected chi connectivity index (χ4v) is 3.58. The van der Waals surface area contributed by atoms with Crippen LogP contribution in [0.2, 0.25) is 0 Å². The number of benzene rings is 1. The molecule has 20 heavy (non-hydrogen) atoms. The number of carboxylic acids is 1. The second-order valence-electron chi connectivity index (χ2n) is 4.45. The van der Waals surface area contributed by atoms with Crippen molar-refractivity contribution in [1.82, 2.24) is 5.32 Å². The SMILES string of the molecule is O=C(Nc1c(Br)cccc1C(=O)O)NC1CCSCC1. The van der Waals surface area contributed by atoms with E-state index < -0.39 is 5.97 Å². The summed E-state index contributed by atoms with van der Waals surface area (Å²) in [6.07, 6.45) is 1.89. The van der Waals surface area contributed by atoms with Crippen LogP contribution in [0, 0.1) is 0 Å². The summed E-state index contributed by atoms with van der Waals surface area (Å²) in [7, 11) is 0. The quantitative estimate of drug-likeness (QED) is 0.775. The van der Waals surface area contributed by atoms with Gasteiger partial charge in [0.2, 0.25) is 0 Å². The molecule has 3 N–H and O–H groups in total. The first-order chi connectivity index (χ1) is 9.58. The minimum atomic E-state index is -1.07. The van der Waals surface area contributed by atoms with E-state index in [0.29, 0.717) is 4.47 Å². The highest BCUT2D eigenvalue weighted by molar-refractivity contribution is 9.10. The Balaban J connectivity index is 2.05. The number of para-hydroxylation sites is 1. The molecule has 0 atom stereocenters. The van der Waals surface area contributed by atoms with E-state index in [1.165, 1.54) is 6.07 Å². The van der Waals surface area contributed by atoms with Crippen molar-refractivity contribution in [3.8, 4) is 0 Å². The van der Waals surface area contributed by atoms with Crippen LogP contribution in [0.15, 0.2) is 22.7 Å². The molecule has 108 valence electrons. The zero-order valence-electron chi connectivity index (χ0n) is 10.7. The second kappa shape index (κ2) is 6.99. The zero-order chi connectivity index (χ0) is 14.5. The van der Waals surface area contributed by atoms with Gasteiger partial charge in [-0.1, -0.05) is 6.07 Å². The molecule has 1 heterocycles. The number of urea groups is 1. The third kappa shape index (κ3) is 3.89. The summed E-state index contributed by atoms with van der Waals surface area (Å²) in [6, 6.07) is 4.57. The van der Waals surface area contributed by atoms with Crippen LogP contribution in [0.1, 0.15) is 23.2 Å². The highest BCUT2D eigenvalue weighted by Crippen LogP contribution is 2.26. The standard InChI is InChI=1S/C13H15BrN2O3S/c14-10-3-1-2-9(12(17)18)11(10)16-13(19)15-8-4-6-20-7-5-8/h1-3,8H,4-7H2,(H,17,18)(H2,15,16,19). The van der Waals surface area contributed by atoms with E-state index in [1.807, 2.05) is 11.8 Å². The van der Waals surface area contributed by atoms with Crippen molar-refractivity contribution < 1.29 is 14.7 Å². The van der Waals surface area contributed by atoms with Gasteiger partial charge in [-0.3, -0.25) is 0 Å². The number of carboxylic acid groups (broad SMARTS) is 1. The van der Waals surface area contributed by atoms with Crippen LogP contribution < -0.4 is 10.6 Å². The van der Waals surface area contributed by atoms with Crippen molar-refractivity contribution in [3.05, 3.63) is 28.2 Å². The van der Waals surface area contributed by atoms with Crippen molar-refractivity contribution in [1.29, 1.82) is 0 Å². The molecular formula is C13H15BrN2O3S. The number of hydrogen-bond donors (Lipinski definition) is 3. The molecule has 5 nitrogen and oxygen atoms in total. The lowest BCUT2D eigenvalue weighted by Gasteiger charge is -2.23. The van der Waals surface area contributed by atoms with Crippen LogP contribution in [-0.4, -0.2) is 34.7 Å². The summed E-state index contributed by atoms with van der Waals surface area (Å²) >= 11 is 5.14. The molecule has 0 bridgehead atoms. The average Bonchev–Trinajstić information content (AvgIpc) is 2.42. The van der Waals surface area contributed by atoms with Crippen LogP contribution in [0.25, 0.3) is 0 Å². The van der Waals surface area contributed by atoms with Gasteiger partial charge in [0.1, 0.15) is 0 Å². The summed E-state index contributed by atoms with van der Waals surface area (Å²) in [6.45, 7) is 0. The van der Waals surface area contributed by atoms with Crippen molar-refractivity contribution >= 4 is 45.4 Å². The van der Waals surface area contributed by atoms with Gasteiger partial charge in [-0.15, -0.1) is 0 Å². The Labute approximate surface area is 129 Å². The summed E-state index contributed by atoms with van der Waals surface area (Å²) in [5.74, 6) is 1.01. The predicted molar refractivity (Wildman–Crippen MR) is 83.6 cm³/mol. The zero-order valence-corrected chi connectivity index (χ0v) is 13.1. The van der Waals surface area contributed by atoms with Crippen LogP contribution >= 0.6 is 27.7 Å². The third-order valence-electron chi connectivity index (χ3n) is 3.04. The smallest absolute Gasteiger partial charge is 0.337 e. The first-order valence-electron chi connectivity index (χ1n) is 6.25. The van der Waals surface area contributed by atoms with E-state index in [9.17, 15) is 9.59 Å². The first kappa shape index (κ1) is 15.2. The van der Waals surface area contributed by atoms with Gasteiger partial charge in [-0.2, -0.15) is 11.8 Å². The van der Waals surface area contributed by atoms with E-state index in [1.54, 1.807) is 12.1 Å². The molecule has 0 unspecified atom stereocenters. The Kier molecular flexibility index (Phi) is 5.31. The molecule has 1 aromatic rings. The molecule has 0 spiro atoms. The highest BCUT2D eigenvalue weighted by atomic mass is 79.9. The molecule has 1 fully saturated rings. The number of carbonyl (C=O) groups is 2. The molecule has 0 radical (unpaired) electrons. The molecule has 0 aromatic heterocycles. The van der Waals surface area contributed by atoms with E-state index in [4.69, 9.17) is 5.11 Å². The molecule has 2 amide bonds. The second-order valence-corrected chi connectivity index (χ2v) is 6.53. The van der Waals surface area contributed by atoms with Crippen molar-refractivity contribution in [2.45, 2.75) is 18.9 Å². The van der Waals surface area contributed by atoms with Crippen molar-refractivity contribution in [2.75, 3.05) is 16.8 Å².